The molecule has 3 nitrogen and oxygen atoms in total. The number of allylic oxidation sites excluding steroid dienone is 2. The Morgan fingerprint density at radius 3 is 2.54 bits per heavy atom. The summed E-state index contributed by atoms with van der Waals surface area (Å²) in [4.78, 5) is 17.6. The zero-order valence-electron chi connectivity index (χ0n) is 15.1. The molecule has 0 spiro atoms. The number of carbonyl (C=O) groups excluding carboxylic acids is 1. The number of hydrogen-bond donors (Lipinski definition) is 0. The zero-order valence-corrected chi connectivity index (χ0v) is 15.1. The van der Waals surface area contributed by atoms with Crippen molar-refractivity contribution in [3.05, 3.63) is 48.0 Å². The van der Waals surface area contributed by atoms with Crippen molar-refractivity contribution >= 4 is 5.91 Å². The monoisotopic (exact) mass is 326 g/mol. The van der Waals surface area contributed by atoms with Crippen LogP contribution in [0.3, 0.4) is 0 Å². The summed E-state index contributed by atoms with van der Waals surface area (Å²) >= 11 is 0. The van der Waals surface area contributed by atoms with Gasteiger partial charge in [-0.05, 0) is 57.3 Å². The van der Waals surface area contributed by atoms with Gasteiger partial charge in [0.05, 0.1) is 5.41 Å². The van der Waals surface area contributed by atoms with Gasteiger partial charge in [0, 0.05) is 20.0 Å². The molecular weight excluding hydrogens is 296 g/mol. The third-order valence-corrected chi connectivity index (χ3v) is 5.79. The lowest BCUT2D eigenvalue weighted by atomic mass is 9.63. The van der Waals surface area contributed by atoms with Crippen molar-refractivity contribution in [2.75, 3.05) is 33.7 Å². The molecule has 0 aromatic heterocycles. The summed E-state index contributed by atoms with van der Waals surface area (Å²) in [5.74, 6) is 0.570. The van der Waals surface area contributed by atoms with Gasteiger partial charge in [-0.1, -0.05) is 42.5 Å². The van der Waals surface area contributed by atoms with Crippen molar-refractivity contribution in [1.82, 2.24) is 9.80 Å². The first kappa shape index (κ1) is 17.2. The van der Waals surface area contributed by atoms with E-state index in [2.05, 4.69) is 47.4 Å². The predicted octanol–water partition coefficient (Wildman–Crippen LogP) is 3.68. The van der Waals surface area contributed by atoms with Gasteiger partial charge in [-0.2, -0.15) is 0 Å². The molecule has 0 bridgehead atoms. The molecule has 1 aliphatic carbocycles. The van der Waals surface area contributed by atoms with Crippen LogP contribution in [0.15, 0.2) is 42.5 Å². The molecule has 2 atom stereocenters. The van der Waals surface area contributed by atoms with Crippen molar-refractivity contribution < 1.29 is 4.79 Å². The van der Waals surface area contributed by atoms with Crippen molar-refractivity contribution in [2.45, 2.75) is 38.0 Å². The number of nitrogens with zero attached hydrogens (tertiary/aromatic N) is 2. The van der Waals surface area contributed by atoms with Gasteiger partial charge in [0.1, 0.15) is 0 Å². The van der Waals surface area contributed by atoms with Crippen LogP contribution >= 0.6 is 0 Å². The van der Waals surface area contributed by atoms with E-state index in [4.69, 9.17) is 0 Å². The Labute approximate surface area is 146 Å². The van der Waals surface area contributed by atoms with Crippen LogP contribution in [0.25, 0.3) is 0 Å². The van der Waals surface area contributed by atoms with E-state index < -0.39 is 0 Å². The second kappa shape index (κ2) is 7.52. The molecule has 2 unspecified atom stereocenters. The molecule has 130 valence electrons. The summed E-state index contributed by atoms with van der Waals surface area (Å²) in [6, 6.07) is 10.6. The lowest BCUT2D eigenvalue weighted by molar-refractivity contribution is -0.142. The molecule has 2 aliphatic rings. The summed E-state index contributed by atoms with van der Waals surface area (Å²) in [6.45, 7) is 3.42. The molecule has 1 amide bonds. The van der Waals surface area contributed by atoms with Gasteiger partial charge in [-0.25, -0.2) is 0 Å². The Balaban J connectivity index is 1.91. The standard InChI is InChI=1S/C21H30N2O/c1-22(2)20(24)21(14-17-23-15-8-9-16-23)13-7-6-12-19(21)18-10-4-3-5-11-18/h3-7,10-11,19H,8-9,12-17H2,1-2H3. The quantitative estimate of drug-likeness (QED) is 0.771. The van der Waals surface area contributed by atoms with E-state index >= 15 is 0 Å². The molecule has 1 saturated heterocycles. The van der Waals surface area contributed by atoms with Crippen LogP contribution in [0.4, 0.5) is 0 Å². The first-order valence-corrected chi connectivity index (χ1v) is 9.27. The minimum atomic E-state index is -0.303. The van der Waals surface area contributed by atoms with E-state index in [9.17, 15) is 4.79 Å². The van der Waals surface area contributed by atoms with E-state index in [0.29, 0.717) is 5.91 Å². The average molecular weight is 326 g/mol. The maximum Gasteiger partial charge on any atom is 0.229 e. The summed E-state index contributed by atoms with van der Waals surface area (Å²) < 4.78 is 0. The van der Waals surface area contributed by atoms with Gasteiger partial charge >= 0.3 is 0 Å². The normalized spacial score (nSPS) is 27.3. The topological polar surface area (TPSA) is 23.6 Å². The minimum absolute atomic E-state index is 0.279. The van der Waals surface area contributed by atoms with Gasteiger partial charge in [0.2, 0.25) is 5.91 Å². The van der Waals surface area contributed by atoms with E-state index in [1.54, 1.807) is 4.90 Å². The Kier molecular flexibility index (Phi) is 5.40. The summed E-state index contributed by atoms with van der Waals surface area (Å²) in [6.07, 6.45) is 9.86. The third kappa shape index (κ3) is 3.41. The SMILES string of the molecule is CN(C)C(=O)C1(CCN2CCCC2)CC=CCC1c1ccccc1. The highest BCUT2D eigenvalue weighted by Gasteiger charge is 2.46. The molecule has 24 heavy (non-hydrogen) atoms. The van der Waals surface area contributed by atoms with Crippen molar-refractivity contribution in [1.29, 1.82) is 0 Å². The van der Waals surface area contributed by atoms with Crippen LogP contribution < -0.4 is 0 Å². The van der Waals surface area contributed by atoms with E-state index in [1.807, 2.05) is 14.1 Å². The second-order valence-corrected chi connectivity index (χ2v) is 7.53. The number of rotatable bonds is 5. The smallest absolute Gasteiger partial charge is 0.229 e. The van der Waals surface area contributed by atoms with Crippen molar-refractivity contribution in [3.63, 3.8) is 0 Å². The lowest BCUT2D eigenvalue weighted by Crippen LogP contribution is -2.47. The number of likely N-dealkylation sites (tertiary alicyclic amines) is 1. The van der Waals surface area contributed by atoms with Gasteiger partial charge in [0.15, 0.2) is 0 Å². The number of carbonyl (C=O) groups is 1. The Morgan fingerprint density at radius 2 is 1.88 bits per heavy atom. The molecular formula is C21H30N2O. The van der Waals surface area contributed by atoms with E-state index in [0.717, 1.165) is 25.8 Å². The predicted molar refractivity (Wildman–Crippen MR) is 99.0 cm³/mol. The van der Waals surface area contributed by atoms with Gasteiger partial charge in [-0.15, -0.1) is 0 Å². The fourth-order valence-corrected chi connectivity index (χ4v) is 4.46. The molecule has 0 radical (unpaired) electrons. The molecule has 0 saturated carbocycles. The van der Waals surface area contributed by atoms with Gasteiger partial charge in [-0.3, -0.25) is 4.79 Å². The molecule has 3 rings (SSSR count). The third-order valence-electron chi connectivity index (χ3n) is 5.79. The molecule has 1 fully saturated rings. The van der Waals surface area contributed by atoms with Gasteiger partial charge < -0.3 is 9.80 Å². The van der Waals surface area contributed by atoms with E-state index in [1.165, 1.54) is 31.5 Å². The van der Waals surface area contributed by atoms with E-state index in [-0.39, 0.29) is 11.3 Å². The highest BCUT2D eigenvalue weighted by Crippen LogP contribution is 2.48. The molecule has 1 aromatic rings. The van der Waals surface area contributed by atoms with Crippen LogP contribution in [-0.4, -0.2) is 49.4 Å². The molecule has 1 aromatic carbocycles. The molecule has 3 heteroatoms. The van der Waals surface area contributed by atoms with Crippen LogP contribution in [0.1, 0.15) is 43.6 Å². The maximum absolute atomic E-state index is 13.3. The highest BCUT2D eigenvalue weighted by molar-refractivity contribution is 5.84. The Hall–Kier alpha value is -1.61. The van der Waals surface area contributed by atoms with Crippen molar-refractivity contribution in [2.24, 2.45) is 5.41 Å². The van der Waals surface area contributed by atoms with Gasteiger partial charge in [0.25, 0.3) is 0 Å². The molecule has 0 N–H and O–H groups in total. The number of benzene rings is 1. The highest BCUT2D eigenvalue weighted by atomic mass is 16.2. The maximum atomic E-state index is 13.3. The van der Waals surface area contributed by atoms with Crippen LogP contribution in [0, 0.1) is 5.41 Å². The average Bonchev–Trinajstić information content (AvgIpc) is 3.14. The first-order chi connectivity index (χ1) is 11.6. The molecule has 1 heterocycles. The van der Waals surface area contributed by atoms with Crippen LogP contribution in [0.5, 0.6) is 0 Å². The first-order valence-electron chi connectivity index (χ1n) is 9.27. The summed E-state index contributed by atoms with van der Waals surface area (Å²) in [5.41, 5.74) is 1.00. The summed E-state index contributed by atoms with van der Waals surface area (Å²) in [5, 5.41) is 0. The minimum Gasteiger partial charge on any atom is -0.348 e. The molecule has 1 aliphatic heterocycles. The fraction of sp³-hybridized carbons (Fsp3) is 0.571. The number of hydrogen-bond acceptors (Lipinski definition) is 2. The summed E-state index contributed by atoms with van der Waals surface area (Å²) in [7, 11) is 3.81. The number of amides is 1. The van der Waals surface area contributed by atoms with Crippen molar-refractivity contribution in [3.8, 4) is 0 Å². The lowest BCUT2D eigenvalue weighted by Gasteiger charge is -2.43. The van der Waals surface area contributed by atoms with Crippen LogP contribution in [-0.2, 0) is 4.79 Å². The fourth-order valence-electron chi connectivity index (χ4n) is 4.46. The second-order valence-electron chi connectivity index (χ2n) is 7.53. The Morgan fingerprint density at radius 1 is 1.17 bits per heavy atom. The Bertz CT molecular complexity index is 575. The van der Waals surface area contributed by atoms with Crippen LogP contribution in [0.2, 0.25) is 0 Å². The largest absolute Gasteiger partial charge is 0.348 e. The zero-order chi connectivity index (χ0) is 17.0.